The fourth-order valence-electron chi connectivity index (χ4n) is 3.94. The Morgan fingerprint density at radius 1 is 1.00 bits per heavy atom. The molecule has 9 nitrogen and oxygen atoms in total. The molecule has 196 valence electrons. The lowest BCUT2D eigenvalue weighted by molar-refractivity contribution is -0.125. The highest BCUT2D eigenvalue weighted by Gasteiger charge is 2.27. The standard InChI is InChI=1S/C26H34N4O5.CH4/c1-3-19-6-8-20(9-7-19)21-10-12-22(13-11-21)24(32)28-23(18(2)31)25(33)27-14-17-30(35)26(34)29-15-4-5-16-29;/h6-13,18,23,31,35H,3-5,14-17H2,1-2H3,(H,27,33)(H,28,32);1H4/t18-,23+;/m1./s1. The molecule has 2 aromatic rings. The zero-order valence-corrected chi connectivity index (χ0v) is 20.2. The minimum Gasteiger partial charge on any atom is -0.391 e. The van der Waals surface area contributed by atoms with Gasteiger partial charge >= 0.3 is 6.03 Å². The number of hydrogen-bond acceptors (Lipinski definition) is 5. The molecule has 1 fully saturated rings. The molecule has 0 aliphatic carbocycles. The maximum atomic E-state index is 12.7. The Morgan fingerprint density at radius 3 is 2.08 bits per heavy atom. The summed E-state index contributed by atoms with van der Waals surface area (Å²) in [5.74, 6) is -1.10. The fraction of sp³-hybridized carbons (Fsp3) is 0.444. The van der Waals surface area contributed by atoms with Crippen molar-refractivity contribution < 1.29 is 24.7 Å². The van der Waals surface area contributed by atoms with Crippen LogP contribution in [-0.4, -0.2) is 76.4 Å². The van der Waals surface area contributed by atoms with Gasteiger partial charge in [-0.1, -0.05) is 50.7 Å². The summed E-state index contributed by atoms with van der Waals surface area (Å²) in [6.07, 6.45) is 1.63. The van der Waals surface area contributed by atoms with Crippen molar-refractivity contribution in [2.24, 2.45) is 0 Å². The van der Waals surface area contributed by atoms with Crippen LogP contribution in [0.25, 0.3) is 11.1 Å². The van der Waals surface area contributed by atoms with E-state index in [0.717, 1.165) is 30.4 Å². The number of amides is 4. The third-order valence-corrected chi connectivity index (χ3v) is 6.11. The second kappa shape index (κ2) is 13.6. The number of hydrogen-bond donors (Lipinski definition) is 4. The molecular formula is C27H38N4O5. The molecule has 0 spiro atoms. The van der Waals surface area contributed by atoms with Crippen molar-refractivity contribution in [1.29, 1.82) is 0 Å². The van der Waals surface area contributed by atoms with E-state index in [0.29, 0.717) is 23.7 Å². The summed E-state index contributed by atoms with van der Waals surface area (Å²) in [4.78, 5) is 38.9. The fourth-order valence-corrected chi connectivity index (χ4v) is 3.94. The van der Waals surface area contributed by atoms with Crippen LogP contribution in [-0.2, 0) is 11.2 Å². The van der Waals surface area contributed by atoms with Crippen LogP contribution in [0.4, 0.5) is 4.79 Å². The SMILES string of the molecule is C.CCc1ccc(-c2ccc(C(=O)N[C@H](C(=O)NCCN(O)C(=O)N3CCCC3)[C@@H](C)O)cc2)cc1. The number of hydroxylamine groups is 2. The van der Waals surface area contributed by atoms with Crippen molar-refractivity contribution in [1.82, 2.24) is 20.6 Å². The van der Waals surface area contributed by atoms with Gasteiger partial charge in [-0.15, -0.1) is 0 Å². The number of aryl methyl sites for hydroxylation is 1. The van der Waals surface area contributed by atoms with Crippen LogP contribution in [0.1, 0.15) is 50.0 Å². The van der Waals surface area contributed by atoms with E-state index < -0.39 is 30.0 Å². The summed E-state index contributed by atoms with van der Waals surface area (Å²) in [5.41, 5.74) is 3.61. The second-order valence-electron chi connectivity index (χ2n) is 8.71. The normalized spacial score (nSPS) is 14.4. The second-order valence-corrected chi connectivity index (χ2v) is 8.71. The molecule has 0 saturated carbocycles. The minimum atomic E-state index is -1.19. The average molecular weight is 499 g/mol. The lowest BCUT2D eigenvalue weighted by atomic mass is 10.0. The van der Waals surface area contributed by atoms with Crippen molar-refractivity contribution in [2.75, 3.05) is 26.2 Å². The van der Waals surface area contributed by atoms with E-state index in [4.69, 9.17) is 0 Å². The Hall–Kier alpha value is -3.43. The molecular weight excluding hydrogens is 460 g/mol. The van der Waals surface area contributed by atoms with Gasteiger partial charge in [0.25, 0.3) is 5.91 Å². The lowest BCUT2D eigenvalue weighted by Crippen LogP contribution is -2.53. The van der Waals surface area contributed by atoms with Crippen LogP contribution < -0.4 is 10.6 Å². The molecule has 2 aromatic carbocycles. The molecule has 3 rings (SSSR count). The van der Waals surface area contributed by atoms with Crippen LogP contribution in [0.5, 0.6) is 0 Å². The Bertz CT molecular complexity index is 1000. The Kier molecular flexibility index (Phi) is 10.9. The molecule has 2 atom stereocenters. The molecule has 9 heteroatoms. The molecule has 36 heavy (non-hydrogen) atoms. The van der Waals surface area contributed by atoms with Crippen LogP contribution in [0.15, 0.2) is 48.5 Å². The van der Waals surface area contributed by atoms with Gasteiger partial charge < -0.3 is 20.6 Å². The highest BCUT2D eigenvalue weighted by molar-refractivity contribution is 5.98. The molecule has 1 aliphatic rings. The van der Waals surface area contributed by atoms with Crippen molar-refractivity contribution in [3.8, 4) is 11.1 Å². The molecule has 1 saturated heterocycles. The number of carbonyl (C=O) groups excluding carboxylic acids is 3. The Labute approximate surface area is 213 Å². The van der Waals surface area contributed by atoms with Crippen molar-refractivity contribution >= 4 is 17.8 Å². The van der Waals surface area contributed by atoms with Gasteiger partial charge in [-0.05, 0) is 55.0 Å². The summed E-state index contributed by atoms with van der Waals surface area (Å²) >= 11 is 0. The number of rotatable bonds is 9. The highest BCUT2D eigenvalue weighted by Crippen LogP contribution is 2.20. The molecule has 0 unspecified atom stereocenters. The number of nitrogens with one attached hydrogen (secondary N) is 2. The molecule has 0 bridgehead atoms. The summed E-state index contributed by atoms with van der Waals surface area (Å²) in [6, 6.07) is 13.5. The van der Waals surface area contributed by atoms with E-state index in [9.17, 15) is 24.7 Å². The molecule has 0 radical (unpaired) electrons. The van der Waals surface area contributed by atoms with Gasteiger partial charge in [0, 0.05) is 25.2 Å². The van der Waals surface area contributed by atoms with E-state index in [-0.39, 0.29) is 20.5 Å². The predicted molar refractivity (Wildman–Crippen MR) is 139 cm³/mol. The van der Waals surface area contributed by atoms with Crippen LogP contribution in [0.2, 0.25) is 0 Å². The minimum absolute atomic E-state index is 0. The average Bonchev–Trinajstić information content (AvgIpc) is 3.41. The smallest absolute Gasteiger partial charge is 0.343 e. The summed E-state index contributed by atoms with van der Waals surface area (Å²) < 4.78 is 0. The largest absolute Gasteiger partial charge is 0.391 e. The van der Waals surface area contributed by atoms with Crippen molar-refractivity contribution in [3.05, 3.63) is 59.7 Å². The van der Waals surface area contributed by atoms with Gasteiger partial charge in [0.2, 0.25) is 5.91 Å². The molecule has 1 heterocycles. The van der Waals surface area contributed by atoms with Gasteiger partial charge in [0.15, 0.2) is 0 Å². The highest BCUT2D eigenvalue weighted by atomic mass is 16.5. The maximum absolute atomic E-state index is 12.7. The number of aliphatic hydroxyl groups is 1. The monoisotopic (exact) mass is 498 g/mol. The number of likely N-dealkylation sites (tertiary alicyclic amines) is 1. The number of nitrogens with zero attached hydrogens (tertiary/aromatic N) is 2. The molecule has 4 N–H and O–H groups in total. The summed E-state index contributed by atoms with van der Waals surface area (Å²) in [5, 5.41) is 25.7. The van der Waals surface area contributed by atoms with Crippen LogP contribution in [0.3, 0.4) is 0 Å². The van der Waals surface area contributed by atoms with Gasteiger partial charge in [-0.2, -0.15) is 0 Å². The van der Waals surface area contributed by atoms with Gasteiger partial charge in [0.1, 0.15) is 6.04 Å². The number of carbonyl (C=O) groups is 3. The van der Waals surface area contributed by atoms with E-state index in [1.165, 1.54) is 12.5 Å². The summed E-state index contributed by atoms with van der Waals surface area (Å²) in [6.45, 7) is 4.57. The zero-order valence-electron chi connectivity index (χ0n) is 20.2. The Balaban J connectivity index is 0.00000456. The van der Waals surface area contributed by atoms with Gasteiger partial charge in [-0.25, -0.2) is 9.86 Å². The molecule has 1 aliphatic heterocycles. The molecule has 0 aromatic heterocycles. The first-order valence-corrected chi connectivity index (χ1v) is 12.0. The first-order valence-electron chi connectivity index (χ1n) is 12.0. The Morgan fingerprint density at radius 2 is 1.56 bits per heavy atom. The van der Waals surface area contributed by atoms with Crippen molar-refractivity contribution in [3.63, 3.8) is 0 Å². The van der Waals surface area contributed by atoms with E-state index >= 15 is 0 Å². The van der Waals surface area contributed by atoms with Crippen molar-refractivity contribution in [2.45, 2.75) is 52.7 Å². The number of benzene rings is 2. The van der Waals surface area contributed by atoms with Gasteiger partial charge in [-0.3, -0.25) is 14.8 Å². The first kappa shape index (κ1) is 28.8. The van der Waals surface area contributed by atoms with E-state index in [1.807, 2.05) is 24.3 Å². The zero-order chi connectivity index (χ0) is 25.4. The maximum Gasteiger partial charge on any atom is 0.343 e. The predicted octanol–water partition coefficient (Wildman–Crippen LogP) is 3.05. The lowest BCUT2D eigenvalue weighted by Gasteiger charge is -2.24. The van der Waals surface area contributed by atoms with E-state index in [1.54, 1.807) is 17.0 Å². The van der Waals surface area contributed by atoms with E-state index in [2.05, 4.69) is 29.7 Å². The van der Waals surface area contributed by atoms with Gasteiger partial charge in [0.05, 0.1) is 12.6 Å². The van der Waals surface area contributed by atoms with Crippen LogP contribution in [0, 0.1) is 0 Å². The topological polar surface area (TPSA) is 122 Å². The summed E-state index contributed by atoms with van der Waals surface area (Å²) in [7, 11) is 0. The first-order chi connectivity index (χ1) is 16.8. The molecule has 4 amide bonds. The third kappa shape index (κ3) is 7.53. The quantitative estimate of drug-likeness (QED) is 0.313. The number of urea groups is 1. The van der Waals surface area contributed by atoms with Crippen LogP contribution >= 0.6 is 0 Å². The number of aliphatic hydroxyl groups excluding tert-OH is 1. The third-order valence-electron chi connectivity index (χ3n) is 6.11.